The first-order valence-electron chi connectivity index (χ1n) is 3.30. The molecule has 4 heteroatoms. The fourth-order valence-electron chi connectivity index (χ4n) is 1.04. The Morgan fingerprint density at radius 3 is 2.83 bits per heavy atom. The van der Waals surface area contributed by atoms with E-state index in [1.54, 1.807) is 12.3 Å². The summed E-state index contributed by atoms with van der Waals surface area (Å²) in [7, 11) is 0. The molecule has 3 nitrogen and oxygen atoms in total. The van der Waals surface area contributed by atoms with E-state index < -0.39 is 0 Å². The van der Waals surface area contributed by atoms with E-state index in [0.717, 1.165) is 5.39 Å². The maximum atomic E-state index is 11.1. The van der Waals surface area contributed by atoms with Crippen LogP contribution < -0.4 is 24.4 Å². The van der Waals surface area contributed by atoms with Gasteiger partial charge in [0.05, 0.1) is 6.20 Å². The first kappa shape index (κ1) is 9.05. The zero-order chi connectivity index (χ0) is 7.68. The van der Waals surface area contributed by atoms with Gasteiger partial charge in [-0.05, 0) is 6.07 Å². The number of hydrogen-bond donors (Lipinski definition) is 1. The summed E-state index contributed by atoms with van der Waals surface area (Å²) >= 11 is 0. The molecule has 0 unspecified atom stereocenters. The molecule has 0 aliphatic heterocycles. The van der Waals surface area contributed by atoms with Crippen LogP contribution in [0.15, 0.2) is 35.3 Å². The summed E-state index contributed by atoms with van der Waals surface area (Å²) in [6.45, 7) is 0. The second kappa shape index (κ2) is 3.57. The van der Waals surface area contributed by atoms with E-state index in [0.29, 0.717) is 5.39 Å². The minimum absolute atomic E-state index is 0. The van der Waals surface area contributed by atoms with Gasteiger partial charge >= 0.3 is 18.9 Å². The number of benzene rings is 1. The number of H-pyrrole nitrogens is 1. The average Bonchev–Trinajstić information content (AvgIpc) is 2.06. The van der Waals surface area contributed by atoms with E-state index in [1.165, 1.54) is 0 Å². The summed E-state index contributed by atoms with van der Waals surface area (Å²) in [6, 6.07) is 7.34. The third-order valence-electron chi connectivity index (χ3n) is 1.58. The molecule has 12 heavy (non-hydrogen) atoms. The second-order valence-corrected chi connectivity index (χ2v) is 2.29. The van der Waals surface area contributed by atoms with Crippen LogP contribution in [0, 0.1) is 0 Å². The van der Waals surface area contributed by atoms with Crippen molar-refractivity contribution in [2.75, 3.05) is 0 Å². The van der Waals surface area contributed by atoms with Crippen molar-refractivity contribution in [1.29, 1.82) is 0 Å². The third kappa shape index (κ3) is 1.42. The monoisotopic (exact) mass is 154 g/mol. The topological polar surface area (TPSA) is 45.8 Å². The van der Waals surface area contributed by atoms with E-state index in [-0.39, 0.29) is 25.8 Å². The van der Waals surface area contributed by atoms with Gasteiger partial charge in [-0.2, -0.15) is 5.10 Å². The molecule has 0 amide bonds. The van der Waals surface area contributed by atoms with Crippen LogP contribution in [0.4, 0.5) is 0 Å². The standard InChI is InChI=1S/C8H6N2O.Li.H/c11-8-7-4-2-1-3-6(7)5-9-10-8;;/h1-5H,(H,10,11);;/q;+1;-1. The van der Waals surface area contributed by atoms with Crippen molar-refractivity contribution < 1.29 is 20.3 Å². The van der Waals surface area contributed by atoms with Gasteiger partial charge in [0.25, 0.3) is 5.56 Å². The van der Waals surface area contributed by atoms with Crippen molar-refractivity contribution in [2.45, 2.75) is 0 Å². The van der Waals surface area contributed by atoms with E-state index in [2.05, 4.69) is 10.2 Å². The number of aromatic nitrogens is 2. The van der Waals surface area contributed by atoms with Crippen molar-refractivity contribution in [3.05, 3.63) is 40.8 Å². The molecule has 0 bridgehead atoms. The van der Waals surface area contributed by atoms with Gasteiger partial charge in [-0.3, -0.25) is 4.79 Å². The molecular formula is C8H7LiN2O. The number of rotatable bonds is 0. The molecule has 0 aliphatic rings. The number of aromatic amines is 1. The molecule has 1 heterocycles. The van der Waals surface area contributed by atoms with Crippen molar-refractivity contribution in [3.63, 3.8) is 0 Å². The summed E-state index contributed by atoms with van der Waals surface area (Å²) < 4.78 is 0. The minimum Gasteiger partial charge on any atom is -1.00 e. The Balaban J connectivity index is 0.000000720. The molecule has 1 N–H and O–H groups in total. The first-order valence-corrected chi connectivity index (χ1v) is 3.30. The molecule has 0 spiro atoms. The van der Waals surface area contributed by atoms with Crippen molar-refractivity contribution in [2.24, 2.45) is 0 Å². The van der Waals surface area contributed by atoms with Crippen LogP contribution in [0.25, 0.3) is 10.8 Å². The van der Waals surface area contributed by atoms with Gasteiger partial charge in [0.2, 0.25) is 0 Å². The van der Waals surface area contributed by atoms with E-state index in [9.17, 15) is 4.79 Å². The quantitative estimate of drug-likeness (QED) is 0.448. The van der Waals surface area contributed by atoms with Gasteiger partial charge < -0.3 is 1.43 Å². The molecule has 2 aromatic rings. The van der Waals surface area contributed by atoms with Crippen LogP contribution in [-0.2, 0) is 0 Å². The fourth-order valence-corrected chi connectivity index (χ4v) is 1.04. The summed E-state index contributed by atoms with van der Waals surface area (Å²) in [5, 5.41) is 7.60. The third-order valence-corrected chi connectivity index (χ3v) is 1.58. The largest absolute Gasteiger partial charge is 1.00 e. The Bertz CT molecular complexity index is 438. The van der Waals surface area contributed by atoms with Crippen LogP contribution >= 0.6 is 0 Å². The number of fused-ring (bicyclic) bond motifs is 1. The molecule has 0 saturated carbocycles. The van der Waals surface area contributed by atoms with Gasteiger partial charge in [0.1, 0.15) is 0 Å². The molecule has 0 atom stereocenters. The molecule has 0 saturated heterocycles. The van der Waals surface area contributed by atoms with Gasteiger partial charge in [-0.1, -0.05) is 18.2 Å². The maximum Gasteiger partial charge on any atom is 1.00 e. The SMILES string of the molecule is O=c1[nH]ncc2ccccc12.[H-].[Li+]. The average molecular weight is 154 g/mol. The Labute approximate surface area is 82.5 Å². The van der Waals surface area contributed by atoms with Gasteiger partial charge in [0.15, 0.2) is 0 Å². The van der Waals surface area contributed by atoms with Crippen LogP contribution in [0.2, 0.25) is 0 Å². The Morgan fingerprint density at radius 2 is 2.08 bits per heavy atom. The minimum atomic E-state index is -0.136. The van der Waals surface area contributed by atoms with Crippen molar-refractivity contribution in [1.82, 2.24) is 10.2 Å². The Kier molecular flexibility index (Phi) is 2.69. The van der Waals surface area contributed by atoms with Crippen molar-refractivity contribution >= 4 is 10.8 Å². The maximum absolute atomic E-state index is 11.1. The smallest absolute Gasteiger partial charge is 1.00 e. The van der Waals surface area contributed by atoms with E-state index >= 15 is 0 Å². The second-order valence-electron chi connectivity index (χ2n) is 2.29. The molecule has 1 aromatic heterocycles. The summed E-state index contributed by atoms with van der Waals surface area (Å²) in [5.74, 6) is 0. The fraction of sp³-hybridized carbons (Fsp3) is 0. The first-order chi connectivity index (χ1) is 5.38. The predicted molar refractivity (Wildman–Crippen MR) is 43.5 cm³/mol. The number of nitrogens with zero attached hydrogens (tertiary/aromatic N) is 1. The van der Waals surface area contributed by atoms with Gasteiger partial charge in [-0.15, -0.1) is 0 Å². The number of nitrogens with one attached hydrogen (secondary N) is 1. The van der Waals surface area contributed by atoms with Crippen molar-refractivity contribution in [3.8, 4) is 0 Å². The van der Waals surface area contributed by atoms with Crippen LogP contribution in [0.1, 0.15) is 1.43 Å². The number of hydrogen-bond acceptors (Lipinski definition) is 2. The molecular weight excluding hydrogens is 147 g/mol. The summed E-state index contributed by atoms with van der Waals surface area (Å²) in [5.41, 5.74) is -0.136. The zero-order valence-corrected chi connectivity index (χ0v) is 6.74. The molecule has 1 aromatic carbocycles. The molecule has 0 aliphatic carbocycles. The Hall–Kier alpha value is -1.04. The van der Waals surface area contributed by atoms with E-state index in [1.807, 2.05) is 18.2 Å². The normalized spacial score (nSPS) is 9.33. The van der Waals surface area contributed by atoms with Crippen LogP contribution in [0.5, 0.6) is 0 Å². The van der Waals surface area contributed by atoms with E-state index in [4.69, 9.17) is 0 Å². The van der Waals surface area contributed by atoms with Crippen LogP contribution in [0.3, 0.4) is 0 Å². The molecule has 56 valence electrons. The van der Waals surface area contributed by atoms with Crippen LogP contribution in [-0.4, -0.2) is 10.2 Å². The predicted octanol–water partition coefficient (Wildman–Crippen LogP) is -1.96. The molecule has 0 radical (unpaired) electrons. The molecule has 0 fully saturated rings. The summed E-state index contributed by atoms with van der Waals surface area (Å²) in [6.07, 6.45) is 1.64. The summed E-state index contributed by atoms with van der Waals surface area (Å²) in [4.78, 5) is 11.1. The Morgan fingerprint density at radius 1 is 1.33 bits per heavy atom. The van der Waals surface area contributed by atoms with Gasteiger partial charge in [-0.25, -0.2) is 5.10 Å². The zero-order valence-electron chi connectivity index (χ0n) is 7.74. The molecule has 2 rings (SSSR count). The van der Waals surface area contributed by atoms with Gasteiger partial charge in [0, 0.05) is 10.8 Å².